The number of aromatic nitrogens is 1. The molecule has 100 valence electrons. The number of methoxy groups -OCH3 is 1. The highest BCUT2D eigenvalue weighted by Gasteiger charge is 2.42. The zero-order valence-electron chi connectivity index (χ0n) is 11.0. The molecular weight excluding hydrogens is 248 g/mol. The Labute approximate surface area is 112 Å². The molecule has 2 aliphatic rings. The summed E-state index contributed by atoms with van der Waals surface area (Å²) < 4.78 is 11.5. The van der Waals surface area contributed by atoms with E-state index in [4.69, 9.17) is 9.47 Å². The van der Waals surface area contributed by atoms with Crippen molar-refractivity contribution in [1.29, 1.82) is 0 Å². The van der Waals surface area contributed by atoms with Crippen LogP contribution in [0.2, 0.25) is 0 Å². The highest BCUT2D eigenvalue weighted by atomic mass is 32.1. The third-order valence-electron chi connectivity index (χ3n) is 3.98. The summed E-state index contributed by atoms with van der Waals surface area (Å²) in [5, 5.41) is 3.30. The molecule has 0 spiro atoms. The van der Waals surface area contributed by atoms with E-state index in [0.717, 1.165) is 31.1 Å². The van der Waals surface area contributed by atoms with Crippen molar-refractivity contribution in [3.8, 4) is 0 Å². The lowest BCUT2D eigenvalue weighted by atomic mass is 10.1. The first-order valence-electron chi connectivity index (χ1n) is 6.57. The van der Waals surface area contributed by atoms with Crippen molar-refractivity contribution in [2.24, 2.45) is 0 Å². The first-order chi connectivity index (χ1) is 8.78. The molecule has 0 aromatic carbocycles. The molecule has 4 nitrogen and oxygen atoms in total. The first kappa shape index (κ1) is 12.5. The van der Waals surface area contributed by atoms with E-state index >= 15 is 0 Å². The van der Waals surface area contributed by atoms with Gasteiger partial charge in [-0.3, -0.25) is 4.90 Å². The molecule has 2 heterocycles. The average Bonchev–Trinajstić information content (AvgIpc) is 2.87. The molecule has 0 N–H and O–H groups in total. The lowest BCUT2D eigenvalue weighted by Gasteiger charge is -2.29. The minimum absolute atomic E-state index is 0.229. The molecule has 0 amide bonds. The van der Waals surface area contributed by atoms with E-state index < -0.39 is 0 Å². The highest BCUT2D eigenvalue weighted by Crippen LogP contribution is 2.32. The summed E-state index contributed by atoms with van der Waals surface area (Å²) in [4.78, 5) is 7.05. The molecule has 1 saturated heterocycles. The van der Waals surface area contributed by atoms with Gasteiger partial charge in [0, 0.05) is 31.6 Å². The Morgan fingerprint density at radius 3 is 3.17 bits per heavy atom. The van der Waals surface area contributed by atoms with Crippen LogP contribution in [0.15, 0.2) is 5.38 Å². The zero-order chi connectivity index (χ0) is 12.5. The molecule has 2 bridgehead atoms. The number of thiazole rings is 1. The summed E-state index contributed by atoms with van der Waals surface area (Å²) in [6.07, 6.45) is 2.82. The van der Waals surface area contributed by atoms with Gasteiger partial charge in [-0.2, -0.15) is 0 Å². The van der Waals surface area contributed by atoms with Gasteiger partial charge >= 0.3 is 0 Å². The Morgan fingerprint density at radius 2 is 2.44 bits per heavy atom. The lowest BCUT2D eigenvalue weighted by Crippen LogP contribution is -2.42. The maximum atomic E-state index is 5.89. The van der Waals surface area contributed by atoms with Crippen LogP contribution in [0.4, 0.5) is 0 Å². The van der Waals surface area contributed by atoms with Crippen LogP contribution in [0.3, 0.4) is 0 Å². The number of hydrogen-bond acceptors (Lipinski definition) is 5. The Bertz CT molecular complexity index is 409. The number of ether oxygens (including phenoxy) is 2. The molecule has 0 radical (unpaired) electrons. The third-order valence-corrected chi connectivity index (χ3v) is 4.80. The molecule has 5 heteroatoms. The van der Waals surface area contributed by atoms with Crippen LogP contribution >= 0.6 is 11.3 Å². The Balaban J connectivity index is 1.74. The highest BCUT2D eigenvalue weighted by molar-refractivity contribution is 7.09. The molecule has 3 atom stereocenters. The van der Waals surface area contributed by atoms with Gasteiger partial charge in [0.05, 0.1) is 29.5 Å². The maximum Gasteiger partial charge on any atom is 0.0987 e. The molecule has 3 unspecified atom stereocenters. The van der Waals surface area contributed by atoms with Crippen LogP contribution in [0, 0.1) is 6.92 Å². The van der Waals surface area contributed by atoms with E-state index in [1.165, 1.54) is 12.1 Å². The van der Waals surface area contributed by atoms with Crippen LogP contribution in [0.25, 0.3) is 0 Å². The SMILES string of the molecule is COC1C2CCC1N(Cc1csc(C)n1)CCO2. The fourth-order valence-electron chi connectivity index (χ4n) is 3.16. The minimum Gasteiger partial charge on any atom is -0.377 e. The quantitative estimate of drug-likeness (QED) is 0.837. The van der Waals surface area contributed by atoms with Crippen molar-refractivity contribution in [2.45, 2.75) is 44.6 Å². The van der Waals surface area contributed by atoms with Crippen molar-refractivity contribution < 1.29 is 9.47 Å². The van der Waals surface area contributed by atoms with Crippen molar-refractivity contribution >= 4 is 11.3 Å². The van der Waals surface area contributed by atoms with Crippen molar-refractivity contribution in [2.75, 3.05) is 20.3 Å². The van der Waals surface area contributed by atoms with Gasteiger partial charge in [-0.15, -0.1) is 11.3 Å². The number of hydrogen-bond donors (Lipinski definition) is 0. The summed E-state index contributed by atoms with van der Waals surface area (Å²) in [5.41, 5.74) is 1.18. The average molecular weight is 268 g/mol. The molecular formula is C13H20N2O2S. The van der Waals surface area contributed by atoms with Gasteiger partial charge in [0.15, 0.2) is 0 Å². The van der Waals surface area contributed by atoms with Crippen LogP contribution in [-0.4, -0.2) is 48.4 Å². The predicted molar refractivity (Wildman–Crippen MR) is 70.8 cm³/mol. The second-order valence-corrected chi connectivity index (χ2v) is 6.14. The molecule has 1 aliphatic heterocycles. The van der Waals surface area contributed by atoms with E-state index in [-0.39, 0.29) is 6.10 Å². The van der Waals surface area contributed by atoms with Crippen LogP contribution in [-0.2, 0) is 16.0 Å². The molecule has 1 aromatic rings. The van der Waals surface area contributed by atoms with Crippen molar-refractivity contribution in [1.82, 2.24) is 9.88 Å². The van der Waals surface area contributed by atoms with E-state index in [2.05, 4.69) is 22.2 Å². The van der Waals surface area contributed by atoms with Crippen LogP contribution < -0.4 is 0 Å². The Morgan fingerprint density at radius 1 is 1.56 bits per heavy atom. The predicted octanol–water partition coefficient (Wildman–Crippen LogP) is 1.83. The maximum absolute atomic E-state index is 5.89. The summed E-state index contributed by atoms with van der Waals surface area (Å²) in [5.74, 6) is 0. The van der Waals surface area contributed by atoms with Gasteiger partial charge in [-0.1, -0.05) is 0 Å². The lowest BCUT2D eigenvalue weighted by molar-refractivity contribution is -0.0326. The molecule has 3 rings (SSSR count). The van der Waals surface area contributed by atoms with Crippen molar-refractivity contribution in [3.63, 3.8) is 0 Å². The second kappa shape index (κ2) is 5.25. The smallest absolute Gasteiger partial charge is 0.0987 e. The minimum atomic E-state index is 0.229. The third kappa shape index (κ3) is 2.32. The molecule has 1 aromatic heterocycles. The molecule has 18 heavy (non-hydrogen) atoms. The zero-order valence-corrected chi connectivity index (χ0v) is 11.8. The van der Waals surface area contributed by atoms with Gasteiger partial charge in [0.25, 0.3) is 0 Å². The monoisotopic (exact) mass is 268 g/mol. The fraction of sp³-hybridized carbons (Fsp3) is 0.769. The fourth-order valence-corrected chi connectivity index (χ4v) is 3.76. The van der Waals surface area contributed by atoms with E-state index in [1.54, 1.807) is 18.4 Å². The summed E-state index contributed by atoms with van der Waals surface area (Å²) >= 11 is 1.72. The van der Waals surface area contributed by atoms with Crippen molar-refractivity contribution in [3.05, 3.63) is 16.1 Å². The van der Waals surface area contributed by atoms with Gasteiger partial charge in [-0.05, 0) is 19.8 Å². The second-order valence-electron chi connectivity index (χ2n) is 5.08. The number of fused-ring (bicyclic) bond motifs is 2. The van der Waals surface area contributed by atoms with Crippen LogP contribution in [0.5, 0.6) is 0 Å². The first-order valence-corrected chi connectivity index (χ1v) is 7.45. The topological polar surface area (TPSA) is 34.6 Å². The number of rotatable bonds is 3. The Hall–Kier alpha value is -0.490. The summed E-state index contributed by atoms with van der Waals surface area (Å²) in [6.45, 7) is 4.77. The standard InChI is InChI=1S/C13H20N2O2S/c1-9-14-10(8-18-9)7-15-5-6-17-12-4-3-11(15)13(12)16-2/h8,11-13H,3-7H2,1-2H3. The van der Waals surface area contributed by atoms with Gasteiger partial charge < -0.3 is 9.47 Å². The van der Waals surface area contributed by atoms with Crippen LogP contribution in [0.1, 0.15) is 23.5 Å². The number of aryl methyl sites for hydroxylation is 1. The Kier molecular flexibility index (Phi) is 3.66. The van der Waals surface area contributed by atoms with Gasteiger partial charge in [0.1, 0.15) is 0 Å². The summed E-state index contributed by atoms with van der Waals surface area (Å²) in [7, 11) is 1.80. The molecule has 1 saturated carbocycles. The van der Waals surface area contributed by atoms with Gasteiger partial charge in [0.2, 0.25) is 0 Å². The molecule has 2 fully saturated rings. The van der Waals surface area contributed by atoms with E-state index in [9.17, 15) is 0 Å². The molecule has 1 aliphatic carbocycles. The van der Waals surface area contributed by atoms with E-state index in [1.807, 2.05) is 0 Å². The largest absolute Gasteiger partial charge is 0.377 e. The van der Waals surface area contributed by atoms with E-state index in [0.29, 0.717) is 12.1 Å². The normalized spacial score (nSPS) is 32.7. The summed E-state index contributed by atoms with van der Waals surface area (Å²) in [6, 6.07) is 0.490. The number of nitrogens with zero attached hydrogens (tertiary/aromatic N) is 2. The van der Waals surface area contributed by atoms with Gasteiger partial charge in [-0.25, -0.2) is 4.98 Å².